The van der Waals surface area contributed by atoms with Gasteiger partial charge in [0.1, 0.15) is 24.4 Å². The van der Waals surface area contributed by atoms with Crippen LogP contribution in [-0.2, 0) is 53.0 Å². The Morgan fingerprint density at radius 1 is 0.857 bits per heavy atom. The average molecular weight is 883 g/mol. The molecule has 354 valence electrons. The Kier molecular flexibility index (Phi) is 16.0. The fourth-order valence-corrected chi connectivity index (χ4v) is 12.6. The van der Waals surface area contributed by atoms with E-state index in [-0.39, 0.29) is 78.6 Å². The lowest BCUT2D eigenvalue weighted by Gasteiger charge is -2.49. The molecule has 6 aliphatic rings. The molecule has 5 fully saturated rings. The number of cyclic esters (lactones) is 1. The molecule has 3 saturated heterocycles. The lowest BCUT2D eigenvalue weighted by molar-refractivity contribution is -0.314. The maximum atomic E-state index is 15.2. The molecule has 0 amide bonds. The molecule has 0 spiro atoms. The van der Waals surface area contributed by atoms with Crippen molar-refractivity contribution in [2.45, 2.75) is 184 Å². The fraction of sp³-hybridized carbons (Fsp3) is 0.800. The van der Waals surface area contributed by atoms with Crippen LogP contribution in [0.15, 0.2) is 42.0 Å². The molecular formula is C50H78N2O11. The maximum Gasteiger partial charge on any atom is 0.306 e. The second kappa shape index (κ2) is 20.7. The average Bonchev–Trinajstić information content (AvgIpc) is 3.85. The zero-order valence-electron chi connectivity index (χ0n) is 39.8. The van der Waals surface area contributed by atoms with E-state index in [1.165, 1.54) is 0 Å². The van der Waals surface area contributed by atoms with Crippen molar-refractivity contribution in [2.24, 2.45) is 35.5 Å². The SMILES string of the molecule is CC[C@H]1CCC[C@H](O[C@H]2CC[C@H](N(C)C)C(C)O2)[C@@H](C)C(=O)C2=C[C@H]3[C@@H]4C[C@H](O[C@@H]5OC(C)[C@H](OC)C(OC)C5OC)C[C@H]4[C@H](NC(C)(C)c4ccccc4)[C@@H](O)[C@H]3[C@@H]2CC(=O)O1. The summed E-state index contributed by atoms with van der Waals surface area (Å²) in [5.74, 6) is -1.92. The van der Waals surface area contributed by atoms with Crippen molar-refractivity contribution >= 4 is 11.8 Å². The minimum atomic E-state index is -0.880. The minimum Gasteiger partial charge on any atom is -0.462 e. The van der Waals surface area contributed by atoms with Gasteiger partial charge >= 0.3 is 5.97 Å². The Labute approximate surface area is 376 Å². The summed E-state index contributed by atoms with van der Waals surface area (Å²) in [4.78, 5) is 31.4. The number of rotatable bonds is 12. The van der Waals surface area contributed by atoms with Crippen LogP contribution in [-0.4, -0.2) is 137 Å². The first-order valence-corrected chi connectivity index (χ1v) is 23.9. The third-order valence-electron chi connectivity index (χ3n) is 15.9. The Balaban J connectivity index is 1.22. The van der Waals surface area contributed by atoms with Crippen LogP contribution < -0.4 is 5.32 Å². The van der Waals surface area contributed by atoms with Gasteiger partial charge in [0.05, 0.1) is 36.9 Å². The summed E-state index contributed by atoms with van der Waals surface area (Å²) < 4.78 is 50.5. The summed E-state index contributed by atoms with van der Waals surface area (Å²) in [7, 11) is 9.09. The van der Waals surface area contributed by atoms with Gasteiger partial charge in [0.2, 0.25) is 0 Å². The number of aliphatic hydroxyl groups excluding tert-OH is 1. The summed E-state index contributed by atoms with van der Waals surface area (Å²) in [6, 6.07) is 10.2. The molecule has 13 heteroatoms. The number of carbonyl (C=O) groups is 2. The van der Waals surface area contributed by atoms with Crippen LogP contribution in [0.3, 0.4) is 0 Å². The summed E-state index contributed by atoms with van der Waals surface area (Å²) in [5, 5.41) is 16.9. The van der Waals surface area contributed by atoms with Crippen LogP contribution in [0.4, 0.5) is 0 Å². The number of esters is 1. The van der Waals surface area contributed by atoms with Crippen LogP contribution in [0.2, 0.25) is 0 Å². The van der Waals surface area contributed by atoms with Crippen LogP contribution in [0.5, 0.6) is 0 Å². The summed E-state index contributed by atoms with van der Waals surface area (Å²) >= 11 is 0. The van der Waals surface area contributed by atoms with E-state index in [1.54, 1.807) is 21.3 Å². The molecule has 13 nitrogen and oxygen atoms in total. The third-order valence-corrected chi connectivity index (χ3v) is 15.9. The molecule has 7 rings (SSSR count). The van der Waals surface area contributed by atoms with E-state index in [0.29, 0.717) is 43.7 Å². The number of hydrogen-bond donors (Lipinski definition) is 2. The van der Waals surface area contributed by atoms with Crippen molar-refractivity contribution in [3.63, 3.8) is 0 Å². The normalized spacial score (nSPS) is 42.7. The number of ketones is 1. The van der Waals surface area contributed by atoms with Gasteiger partial charge in [0.25, 0.3) is 0 Å². The van der Waals surface area contributed by atoms with Crippen molar-refractivity contribution in [1.82, 2.24) is 10.2 Å². The Bertz CT molecular complexity index is 1710. The van der Waals surface area contributed by atoms with E-state index in [1.807, 2.05) is 39.0 Å². The third kappa shape index (κ3) is 10.2. The fourth-order valence-electron chi connectivity index (χ4n) is 12.6. The highest BCUT2D eigenvalue weighted by atomic mass is 16.7. The number of allylic oxidation sites excluding steroid dienone is 2. The lowest BCUT2D eigenvalue weighted by Crippen LogP contribution is -2.61. The molecule has 3 aliphatic heterocycles. The van der Waals surface area contributed by atoms with Gasteiger partial charge in [-0.3, -0.25) is 9.59 Å². The molecule has 0 radical (unpaired) electrons. The molecule has 1 aromatic rings. The smallest absolute Gasteiger partial charge is 0.306 e. The number of ether oxygens (including phenoxy) is 8. The second-order valence-electron chi connectivity index (χ2n) is 20.3. The van der Waals surface area contributed by atoms with E-state index in [4.69, 9.17) is 37.9 Å². The molecular weight excluding hydrogens is 805 g/mol. The number of nitrogens with zero attached hydrogens (tertiary/aromatic N) is 1. The quantitative estimate of drug-likeness (QED) is 0.231. The van der Waals surface area contributed by atoms with Gasteiger partial charge in [-0.25, -0.2) is 0 Å². The lowest BCUT2D eigenvalue weighted by atomic mass is 9.62. The molecule has 0 bridgehead atoms. The van der Waals surface area contributed by atoms with Crippen molar-refractivity contribution in [3.05, 3.63) is 47.5 Å². The minimum absolute atomic E-state index is 0.0100. The molecule has 0 aromatic heterocycles. The number of hydrogen-bond acceptors (Lipinski definition) is 13. The number of likely N-dealkylation sites (N-methyl/N-ethyl adjacent to an activating group) is 1. The van der Waals surface area contributed by atoms with Crippen LogP contribution >= 0.6 is 0 Å². The highest BCUT2D eigenvalue weighted by molar-refractivity contribution is 5.99. The first kappa shape index (κ1) is 48.6. The number of nitrogens with one attached hydrogen (secondary N) is 1. The highest BCUT2D eigenvalue weighted by Gasteiger charge is 2.60. The van der Waals surface area contributed by atoms with E-state index in [2.05, 4.69) is 63.3 Å². The number of aliphatic hydroxyl groups is 1. The molecule has 3 aliphatic carbocycles. The van der Waals surface area contributed by atoms with Gasteiger partial charge in [0, 0.05) is 56.7 Å². The number of Topliss-reactive ketones (excluding diaryl/α,β-unsaturated/α-hetero) is 1. The number of carbonyl (C=O) groups excluding carboxylic acids is 2. The number of fused-ring (bicyclic) bond motifs is 5. The zero-order valence-corrected chi connectivity index (χ0v) is 39.8. The molecule has 4 unspecified atom stereocenters. The molecule has 19 atom stereocenters. The van der Waals surface area contributed by atoms with Gasteiger partial charge in [-0.05, 0) is 122 Å². The first-order chi connectivity index (χ1) is 30.1. The van der Waals surface area contributed by atoms with Gasteiger partial charge in [-0.2, -0.15) is 0 Å². The van der Waals surface area contributed by atoms with E-state index in [9.17, 15) is 9.90 Å². The zero-order chi connectivity index (χ0) is 45.3. The van der Waals surface area contributed by atoms with Crippen molar-refractivity contribution < 1.29 is 52.6 Å². The van der Waals surface area contributed by atoms with Crippen molar-refractivity contribution in [2.75, 3.05) is 35.4 Å². The molecule has 1 aromatic carbocycles. The number of benzene rings is 1. The summed E-state index contributed by atoms with van der Waals surface area (Å²) in [6.07, 6.45) is 3.51. The second-order valence-corrected chi connectivity index (χ2v) is 20.3. The standard InChI is InChI=1S/C50H78N2O11/c1-12-31-19-16-20-39(63-41-22-21-38(52(7)8)28(3)59-41)27(2)44(54)37-25-34-33-23-32(62-49-48(58-11)47(57-10)46(56-9)29(4)60-49)24-36(33)43(45(55)42(34)35(37)26-40(53)61-31)51-50(5,6)30-17-14-13-15-18-30/h13-15,17-18,25,27-29,31-36,38-39,41-43,45-49,51,55H,12,16,19-24,26H2,1-11H3/t27-,28?,29?,31+,32+,33+,34+,35-,36-,38+,39+,41+,42-,43+,45+,46+,47?,48?,49+/m1/s1. The predicted molar refractivity (Wildman–Crippen MR) is 237 cm³/mol. The Hall–Kier alpha value is -2.30. The molecule has 2 saturated carbocycles. The van der Waals surface area contributed by atoms with Crippen molar-refractivity contribution in [1.29, 1.82) is 0 Å². The van der Waals surface area contributed by atoms with Gasteiger partial charge < -0.3 is 53.2 Å². The highest BCUT2D eigenvalue weighted by Crippen LogP contribution is 2.57. The molecule has 63 heavy (non-hydrogen) atoms. The van der Waals surface area contributed by atoms with Crippen LogP contribution in [0, 0.1) is 35.5 Å². The Morgan fingerprint density at radius 3 is 2.21 bits per heavy atom. The monoisotopic (exact) mass is 883 g/mol. The van der Waals surface area contributed by atoms with E-state index < -0.39 is 54.2 Å². The molecule has 3 heterocycles. The van der Waals surface area contributed by atoms with Gasteiger partial charge in [-0.15, -0.1) is 0 Å². The van der Waals surface area contributed by atoms with Crippen molar-refractivity contribution in [3.8, 4) is 0 Å². The topological polar surface area (TPSA) is 143 Å². The van der Waals surface area contributed by atoms with Crippen LogP contribution in [0.25, 0.3) is 0 Å². The van der Waals surface area contributed by atoms with E-state index >= 15 is 4.79 Å². The van der Waals surface area contributed by atoms with Gasteiger partial charge in [-0.1, -0.05) is 50.3 Å². The largest absolute Gasteiger partial charge is 0.462 e. The first-order valence-electron chi connectivity index (χ1n) is 23.9. The summed E-state index contributed by atoms with van der Waals surface area (Å²) in [6.45, 7) is 12.4. The summed E-state index contributed by atoms with van der Waals surface area (Å²) in [5.41, 5.74) is 1.20. The van der Waals surface area contributed by atoms with E-state index in [0.717, 1.165) is 24.8 Å². The van der Waals surface area contributed by atoms with Gasteiger partial charge in [0.15, 0.2) is 18.4 Å². The Morgan fingerprint density at radius 2 is 1.56 bits per heavy atom. The maximum absolute atomic E-state index is 15.2. The molecule has 2 N–H and O–H groups in total. The predicted octanol–water partition coefficient (Wildman–Crippen LogP) is 6.19. The van der Waals surface area contributed by atoms with Crippen LogP contribution in [0.1, 0.15) is 105 Å². The number of methoxy groups -OCH3 is 3.